The highest BCUT2D eigenvalue weighted by Crippen LogP contribution is 2.46. The van der Waals surface area contributed by atoms with Crippen molar-refractivity contribution in [2.24, 2.45) is 4.99 Å². The van der Waals surface area contributed by atoms with Gasteiger partial charge in [0.2, 0.25) is 5.90 Å². The normalized spacial score (nSPS) is 15.8. The highest BCUT2D eigenvalue weighted by atomic mass is 31.2. The topological polar surface area (TPSA) is 51.5 Å². The lowest BCUT2D eigenvalue weighted by atomic mass is 10.1. The molecule has 0 bridgehead atoms. The van der Waals surface area contributed by atoms with Gasteiger partial charge in [-0.1, -0.05) is 97.1 Å². The van der Waals surface area contributed by atoms with Gasteiger partial charge in [-0.15, -0.1) is 0 Å². The molecule has 0 saturated heterocycles. The Morgan fingerprint density at radius 3 is 1.97 bits per heavy atom. The fourth-order valence-electron chi connectivity index (χ4n) is 3.94. The number of aromatic nitrogens is 1. The zero-order chi connectivity index (χ0) is 21.8. The van der Waals surface area contributed by atoms with E-state index in [1.165, 1.54) is 0 Å². The number of benzene rings is 3. The molecule has 0 amide bonds. The van der Waals surface area contributed by atoms with E-state index in [4.69, 9.17) is 14.7 Å². The summed E-state index contributed by atoms with van der Waals surface area (Å²) >= 11 is 0. The maximum Gasteiger partial charge on any atom is 0.236 e. The fraction of sp³-hybridized carbons (Fsp3) is 0.111. The second kappa shape index (κ2) is 8.94. The van der Waals surface area contributed by atoms with Gasteiger partial charge < -0.3 is 9.30 Å². The first-order chi connectivity index (χ1) is 15.7. The maximum absolute atomic E-state index is 14.4. The Morgan fingerprint density at radius 1 is 0.750 bits per heavy atom. The molecule has 0 spiro atoms. The van der Waals surface area contributed by atoms with Crippen LogP contribution >= 0.6 is 7.14 Å². The lowest BCUT2D eigenvalue weighted by Gasteiger charge is -2.19. The van der Waals surface area contributed by atoms with Crippen LogP contribution in [-0.4, -0.2) is 17.5 Å². The van der Waals surface area contributed by atoms with E-state index >= 15 is 0 Å². The van der Waals surface area contributed by atoms with E-state index in [0.29, 0.717) is 24.4 Å². The summed E-state index contributed by atoms with van der Waals surface area (Å²) < 4.78 is 20.2. The standard InChI is InChI=1S/C27H23N2O2P/c30-32(23-14-6-2-7-15-23,24-16-8-3-9-17-24)20-22-13-10-18-25(28-22)27-29-26(19-31-27)21-11-4-1-5-12-21/h1-18,26H,19-20H2. The molecule has 1 aliphatic rings. The number of aliphatic imine (C=N–C) groups is 1. The number of hydrogen-bond acceptors (Lipinski definition) is 4. The minimum absolute atomic E-state index is 0.0311. The van der Waals surface area contributed by atoms with Crippen LogP contribution in [0.1, 0.15) is 23.0 Å². The third kappa shape index (κ3) is 4.15. The van der Waals surface area contributed by atoms with Crippen molar-refractivity contribution in [3.63, 3.8) is 0 Å². The SMILES string of the molecule is O=P(Cc1cccc(C2=NC(c3ccccc3)CO2)n1)(c1ccccc1)c1ccccc1. The lowest BCUT2D eigenvalue weighted by molar-refractivity contribution is 0.319. The van der Waals surface area contributed by atoms with Crippen molar-refractivity contribution >= 4 is 23.6 Å². The van der Waals surface area contributed by atoms with E-state index in [0.717, 1.165) is 21.9 Å². The molecule has 158 valence electrons. The van der Waals surface area contributed by atoms with Gasteiger partial charge in [-0.25, -0.2) is 9.98 Å². The molecule has 1 aliphatic heterocycles. The van der Waals surface area contributed by atoms with E-state index in [-0.39, 0.29) is 6.04 Å². The van der Waals surface area contributed by atoms with Crippen LogP contribution in [-0.2, 0) is 15.5 Å². The van der Waals surface area contributed by atoms with Gasteiger partial charge in [0, 0.05) is 16.3 Å². The number of rotatable bonds is 6. The summed E-state index contributed by atoms with van der Waals surface area (Å²) in [7, 11) is -2.90. The van der Waals surface area contributed by atoms with Crippen LogP contribution in [0.4, 0.5) is 0 Å². The van der Waals surface area contributed by atoms with Gasteiger partial charge in [0.15, 0.2) is 0 Å². The van der Waals surface area contributed by atoms with Gasteiger partial charge in [-0.3, -0.25) is 0 Å². The summed E-state index contributed by atoms with van der Waals surface area (Å²) in [6.07, 6.45) is 0.338. The summed E-state index contributed by atoms with van der Waals surface area (Å²) in [5, 5.41) is 1.66. The molecule has 5 heteroatoms. The van der Waals surface area contributed by atoms with Crippen LogP contribution in [0, 0.1) is 0 Å². The van der Waals surface area contributed by atoms with Gasteiger partial charge in [0.25, 0.3) is 0 Å². The van der Waals surface area contributed by atoms with Gasteiger partial charge in [-0.05, 0) is 17.7 Å². The van der Waals surface area contributed by atoms with Crippen molar-refractivity contribution < 1.29 is 9.30 Å². The zero-order valence-corrected chi connectivity index (χ0v) is 18.4. The number of hydrogen-bond donors (Lipinski definition) is 0. The fourth-order valence-corrected chi connectivity index (χ4v) is 6.55. The predicted octanol–water partition coefficient (Wildman–Crippen LogP) is 5.11. The van der Waals surface area contributed by atoms with E-state index < -0.39 is 7.14 Å². The minimum Gasteiger partial charge on any atom is -0.474 e. The molecular weight excluding hydrogens is 415 g/mol. The Labute approximate surface area is 188 Å². The number of nitrogens with zero attached hydrogens (tertiary/aromatic N) is 2. The Bertz CT molecular complexity index is 1230. The largest absolute Gasteiger partial charge is 0.474 e. The molecule has 4 nitrogen and oxygen atoms in total. The van der Waals surface area contributed by atoms with E-state index in [2.05, 4.69) is 12.1 Å². The highest BCUT2D eigenvalue weighted by molar-refractivity contribution is 7.78. The molecule has 0 fully saturated rings. The highest BCUT2D eigenvalue weighted by Gasteiger charge is 2.29. The molecule has 0 N–H and O–H groups in total. The average Bonchev–Trinajstić information content (AvgIpc) is 3.36. The van der Waals surface area contributed by atoms with Crippen molar-refractivity contribution in [3.8, 4) is 0 Å². The summed E-state index contributed by atoms with van der Waals surface area (Å²) in [6.45, 7) is 0.498. The molecule has 3 aromatic carbocycles. The van der Waals surface area contributed by atoms with Gasteiger partial charge >= 0.3 is 0 Å². The average molecular weight is 438 g/mol. The van der Waals surface area contributed by atoms with Gasteiger partial charge in [0.1, 0.15) is 25.5 Å². The first-order valence-electron chi connectivity index (χ1n) is 10.6. The summed E-state index contributed by atoms with van der Waals surface area (Å²) in [5.41, 5.74) is 2.55. The summed E-state index contributed by atoms with van der Waals surface area (Å²) in [6, 6.07) is 35.2. The second-order valence-corrected chi connectivity index (χ2v) is 10.6. The van der Waals surface area contributed by atoms with Crippen molar-refractivity contribution in [3.05, 3.63) is 126 Å². The minimum atomic E-state index is -2.90. The second-order valence-electron chi connectivity index (χ2n) is 7.75. The number of ether oxygens (including phenoxy) is 1. The molecule has 4 aromatic rings. The van der Waals surface area contributed by atoms with E-state index in [1.807, 2.05) is 97.1 Å². The summed E-state index contributed by atoms with van der Waals surface area (Å²) in [5.74, 6) is 0.537. The van der Waals surface area contributed by atoms with Crippen LogP contribution in [0.3, 0.4) is 0 Å². The smallest absolute Gasteiger partial charge is 0.236 e. The van der Waals surface area contributed by atoms with Crippen molar-refractivity contribution in [2.45, 2.75) is 12.2 Å². The van der Waals surface area contributed by atoms with Gasteiger partial charge in [-0.2, -0.15) is 0 Å². The third-order valence-electron chi connectivity index (χ3n) is 5.59. The molecule has 32 heavy (non-hydrogen) atoms. The predicted molar refractivity (Wildman–Crippen MR) is 129 cm³/mol. The van der Waals surface area contributed by atoms with E-state index in [9.17, 15) is 4.57 Å². The first kappa shape index (κ1) is 20.4. The number of pyridine rings is 1. The van der Waals surface area contributed by atoms with Crippen molar-refractivity contribution in [2.75, 3.05) is 6.61 Å². The molecule has 1 atom stereocenters. The lowest BCUT2D eigenvalue weighted by Crippen LogP contribution is -2.18. The molecule has 0 radical (unpaired) electrons. The molecule has 5 rings (SSSR count). The zero-order valence-electron chi connectivity index (χ0n) is 17.5. The molecule has 2 heterocycles. The van der Waals surface area contributed by atoms with Crippen LogP contribution in [0.25, 0.3) is 0 Å². The van der Waals surface area contributed by atoms with Crippen molar-refractivity contribution in [1.82, 2.24) is 4.98 Å². The molecule has 1 unspecified atom stereocenters. The quantitative estimate of drug-likeness (QED) is 0.393. The van der Waals surface area contributed by atoms with E-state index in [1.54, 1.807) is 0 Å². The Kier molecular flexibility index (Phi) is 5.70. The van der Waals surface area contributed by atoms with Crippen LogP contribution < -0.4 is 10.6 Å². The maximum atomic E-state index is 14.4. The Balaban J connectivity index is 1.47. The Morgan fingerprint density at radius 2 is 1.34 bits per heavy atom. The summed E-state index contributed by atoms with van der Waals surface area (Å²) in [4.78, 5) is 9.54. The third-order valence-corrected chi connectivity index (χ3v) is 8.63. The monoisotopic (exact) mass is 438 g/mol. The molecule has 1 aromatic heterocycles. The van der Waals surface area contributed by atoms with Crippen LogP contribution in [0.15, 0.2) is 114 Å². The molecule has 0 aliphatic carbocycles. The Hall–Kier alpha value is -3.49. The van der Waals surface area contributed by atoms with Gasteiger partial charge in [0.05, 0.1) is 6.16 Å². The molecular formula is C27H23N2O2P. The first-order valence-corrected chi connectivity index (χ1v) is 12.5. The van der Waals surface area contributed by atoms with Crippen LogP contribution in [0.5, 0.6) is 0 Å². The van der Waals surface area contributed by atoms with Crippen LogP contribution in [0.2, 0.25) is 0 Å². The van der Waals surface area contributed by atoms with Crippen molar-refractivity contribution in [1.29, 1.82) is 0 Å². The molecule has 0 saturated carbocycles.